The summed E-state index contributed by atoms with van der Waals surface area (Å²) in [6.45, 7) is 4.51. The topological polar surface area (TPSA) is 26.0 Å². The molecule has 0 radical (unpaired) electrons. The minimum Gasteiger partial charge on any atom is -0.324 e. The zero-order valence-electron chi connectivity index (χ0n) is 7.97. The molecule has 0 bridgehead atoms. The molecule has 2 rings (SSSR count). The highest BCUT2D eigenvalue weighted by Gasteiger charge is 2.34. The van der Waals surface area contributed by atoms with Gasteiger partial charge in [-0.05, 0) is 35.1 Å². The first-order valence-corrected chi connectivity index (χ1v) is 5.35. The zero-order chi connectivity index (χ0) is 9.64. The van der Waals surface area contributed by atoms with Gasteiger partial charge in [-0.2, -0.15) is 0 Å². The van der Waals surface area contributed by atoms with E-state index in [2.05, 4.69) is 48.0 Å². The lowest BCUT2D eigenvalue weighted by Crippen LogP contribution is -2.14. The molecule has 0 heterocycles. The van der Waals surface area contributed by atoms with Crippen molar-refractivity contribution in [3.63, 3.8) is 0 Å². The van der Waals surface area contributed by atoms with Crippen molar-refractivity contribution in [3.8, 4) is 0 Å². The van der Waals surface area contributed by atoms with Crippen LogP contribution in [0.15, 0.2) is 22.7 Å². The largest absolute Gasteiger partial charge is 0.324 e. The van der Waals surface area contributed by atoms with Crippen LogP contribution in [0.1, 0.15) is 37.4 Å². The Hall–Kier alpha value is -0.340. The van der Waals surface area contributed by atoms with Crippen LogP contribution in [0.4, 0.5) is 0 Å². The number of nitrogens with two attached hydrogens (primary N) is 1. The van der Waals surface area contributed by atoms with E-state index in [4.69, 9.17) is 5.73 Å². The van der Waals surface area contributed by atoms with Crippen molar-refractivity contribution in [1.82, 2.24) is 0 Å². The summed E-state index contributed by atoms with van der Waals surface area (Å²) in [7, 11) is 0. The molecule has 0 spiro atoms. The quantitative estimate of drug-likeness (QED) is 0.740. The van der Waals surface area contributed by atoms with Crippen LogP contribution < -0.4 is 5.73 Å². The molecule has 1 aromatic carbocycles. The molecule has 0 fully saturated rings. The third-order valence-corrected chi connectivity index (χ3v) is 3.37. The predicted molar refractivity (Wildman–Crippen MR) is 58.7 cm³/mol. The lowest BCUT2D eigenvalue weighted by Gasteiger charge is -2.18. The zero-order valence-corrected chi connectivity index (χ0v) is 9.56. The number of hydrogen-bond acceptors (Lipinski definition) is 1. The monoisotopic (exact) mass is 239 g/mol. The maximum atomic E-state index is 6.07. The van der Waals surface area contributed by atoms with Crippen molar-refractivity contribution in [2.75, 3.05) is 0 Å². The van der Waals surface area contributed by atoms with Crippen LogP contribution in [0.5, 0.6) is 0 Å². The van der Waals surface area contributed by atoms with E-state index in [1.165, 1.54) is 11.1 Å². The summed E-state index contributed by atoms with van der Waals surface area (Å²) in [6.07, 6.45) is 1.05. The van der Waals surface area contributed by atoms with Crippen molar-refractivity contribution in [2.24, 2.45) is 5.73 Å². The van der Waals surface area contributed by atoms with Crippen LogP contribution in [-0.4, -0.2) is 0 Å². The van der Waals surface area contributed by atoms with E-state index < -0.39 is 0 Å². The molecule has 1 atom stereocenters. The molecule has 70 valence electrons. The van der Waals surface area contributed by atoms with E-state index in [-0.39, 0.29) is 11.5 Å². The van der Waals surface area contributed by atoms with Gasteiger partial charge in [-0.3, -0.25) is 0 Å². The highest BCUT2D eigenvalue weighted by atomic mass is 79.9. The number of fused-ring (bicyclic) bond motifs is 1. The standard InChI is InChI=1S/C11H14BrN/c1-11(2)6-10(13)8-5-7(12)3-4-9(8)11/h3-5,10H,6,13H2,1-2H3/t10-/m1/s1. The molecular formula is C11H14BrN. The van der Waals surface area contributed by atoms with E-state index in [0.29, 0.717) is 0 Å². The first-order valence-electron chi connectivity index (χ1n) is 4.56. The first kappa shape index (κ1) is 9.22. The van der Waals surface area contributed by atoms with Gasteiger partial charge >= 0.3 is 0 Å². The van der Waals surface area contributed by atoms with E-state index in [1.807, 2.05) is 0 Å². The second-order valence-corrected chi connectivity index (χ2v) is 5.34. The summed E-state index contributed by atoms with van der Waals surface area (Å²) in [5, 5.41) is 0. The van der Waals surface area contributed by atoms with Crippen LogP contribution in [0, 0.1) is 0 Å². The predicted octanol–water partition coefficient (Wildman–Crippen LogP) is 3.13. The lowest BCUT2D eigenvalue weighted by atomic mass is 9.86. The number of hydrogen-bond donors (Lipinski definition) is 1. The third kappa shape index (κ3) is 1.42. The van der Waals surface area contributed by atoms with Crippen LogP contribution >= 0.6 is 15.9 Å². The highest BCUT2D eigenvalue weighted by Crippen LogP contribution is 2.43. The minimum absolute atomic E-state index is 0.211. The van der Waals surface area contributed by atoms with Crippen molar-refractivity contribution in [1.29, 1.82) is 0 Å². The van der Waals surface area contributed by atoms with Gasteiger partial charge in [-0.25, -0.2) is 0 Å². The van der Waals surface area contributed by atoms with Gasteiger partial charge < -0.3 is 5.73 Å². The SMILES string of the molecule is CC1(C)C[C@@H](N)c2cc(Br)ccc21. The molecule has 0 amide bonds. The van der Waals surface area contributed by atoms with Gasteiger partial charge in [0.05, 0.1) is 0 Å². The van der Waals surface area contributed by atoms with Gasteiger partial charge in [0, 0.05) is 10.5 Å². The average molecular weight is 240 g/mol. The van der Waals surface area contributed by atoms with Crippen LogP contribution in [0.25, 0.3) is 0 Å². The summed E-state index contributed by atoms with van der Waals surface area (Å²) >= 11 is 3.47. The van der Waals surface area contributed by atoms with Gasteiger partial charge in [0.25, 0.3) is 0 Å². The minimum atomic E-state index is 0.211. The molecule has 0 unspecified atom stereocenters. The maximum Gasteiger partial charge on any atom is 0.0306 e. The Bertz CT molecular complexity index is 344. The normalized spacial score (nSPS) is 24.5. The average Bonchev–Trinajstić information content (AvgIpc) is 2.22. The Morgan fingerprint density at radius 2 is 2.15 bits per heavy atom. The summed E-state index contributed by atoms with van der Waals surface area (Å²) in [5.41, 5.74) is 9.03. The van der Waals surface area contributed by atoms with Gasteiger partial charge in [0.15, 0.2) is 0 Å². The Labute approximate surface area is 87.5 Å². The smallest absolute Gasteiger partial charge is 0.0306 e. The van der Waals surface area contributed by atoms with Crippen molar-refractivity contribution in [3.05, 3.63) is 33.8 Å². The molecule has 1 nitrogen and oxygen atoms in total. The van der Waals surface area contributed by atoms with Gasteiger partial charge in [0.1, 0.15) is 0 Å². The second kappa shape index (κ2) is 2.82. The lowest BCUT2D eigenvalue weighted by molar-refractivity contribution is 0.481. The molecule has 1 aromatic rings. The molecule has 0 aromatic heterocycles. The van der Waals surface area contributed by atoms with Crippen LogP contribution in [0.2, 0.25) is 0 Å². The fraction of sp³-hybridized carbons (Fsp3) is 0.455. The molecule has 0 saturated carbocycles. The van der Waals surface area contributed by atoms with Crippen molar-refractivity contribution < 1.29 is 0 Å². The molecule has 2 N–H and O–H groups in total. The number of benzene rings is 1. The van der Waals surface area contributed by atoms with Crippen molar-refractivity contribution >= 4 is 15.9 Å². The fourth-order valence-electron chi connectivity index (χ4n) is 2.23. The molecule has 1 aliphatic rings. The molecular weight excluding hydrogens is 226 g/mol. The van der Waals surface area contributed by atoms with E-state index in [9.17, 15) is 0 Å². The van der Waals surface area contributed by atoms with Gasteiger partial charge in [-0.1, -0.05) is 35.8 Å². The van der Waals surface area contributed by atoms with Crippen LogP contribution in [-0.2, 0) is 5.41 Å². The van der Waals surface area contributed by atoms with E-state index >= 15 is 0 Å². The Balaban J connectivity index is 2.59. The highest BCUT2D eigenvalue weighted by molar-refractivity contribution is 9.10. The summed E-state index contributed by atoms with van der Waals surface area (Å²) < 4.78 is 1.12. The first-order chi connectivity index (χ1) is 6.00. The van der Waals surface area contributed by atoms with Crippen molar-refractivity contribution in [2.45, 2.75) is 31.7 Å². The van der Waals surface area contributed by atoms with Gasteiger partial charge in [-0.15, -0.1) is 0 Å². The molecule has 13 heavy (non-hydrogen) atoms. The Morgan fingerprint density at radius 1 is 1.46 bits per heavy atom. The summed E-state index contributed by atoms with van der Waals surface area (Å²) in [4.78, 5) is 0. The molecule has 1 aliphatic carbocycles. The van der Waals surface area contributed by atoms with Crippen LogP contribution in [0.3, 0.4) is 0 Å². The third-order valence-electron chi connectivity index (χ3n) is 2.87. The molecule has 2 heteroatoms. The van der Waals surface area contributed by atoms with E-state index in [0.717, 1.165) is 10.9 Å². The van der Waals surface area contributed by atoms with E-state index in [1.54, 1.807) is 0 Å². The molecule has 0 saturated heterocycles. The summed E-state index contributed by atoms with van der Waals surface area (Å²) in [5.74, 6) is 0. The second-order valence-electron chi connectivity index (χ2n) is 4.43. The Kier molecular flexibility index (Phi) is 2.00. The summed E-state index contributed by atoms with van der Waals surface area (Å²) in [6, 6.07) is 6.64. The number of rotatable bonds is 0. The number of halogens is 1. The molecule has 0 aliphatic heterocycles. The maximum absolute atomic E-state index is 6.07. The van der Waals surface area contributed by atoms with Gasteiger partial charge in [0.2, 0.25) is 0 Å². The fourth-order valence-corrected chi connectivity index (χ4v) is 2.61. The Morgan fingerprint density at radius 3 is 2.85 bits per heavy atom.